The summed E-state index contributed by atoms with van der Waals surface area (Å²) in [5.41, 5.74) is 1.16. The van der Waals surface area contributed by atoms with E-state index < -0.39 is 5.91 Å². The number of thiocarbonyl (C=S) groups is 1. The molecule has 1 fully saturated rings. The highest BCUT2D eigenvalue weighted by molar-refractivity contribution is 7.80. The van der Waals surface area contributed by atoms with E-state index in [1.54, 1.807) is 18.2 Å². The van der Waals surface area contributed by atoms with E-state index in [-0.39, 0.29) is 22.6 Å². The molecule has 0 aromatic heterocycles. The Kier molecular flexibility index (Phi) is 7.94. The maximum Gasteiger partial charge on any atom is 0.257 e. The van der Waals surface area contributed by atoms with Gasteiger partial charge in [-0.1, -0.05) is 54.1 Å². The number of hydrogen-bond acceptors (Lipinski definition) is 3. The average Bonchev–Trinajstić information content (AvgIpc) is 2.69. The number of amides is 2. The Morgan fingerprint density at radius 1 is 0.900 bits per heavy atom. The zero-order chi connectivity index (χ0) is 21.7. The standard InChI is InChI=1S/C21H20Cl3N3O2S/c22-13-8-12(9-14(23)10-13)19(28)27-21(30)26-16-6-7-18(24)17(11-16)20(29)25-15-4-2-1-3-5-15/h6-11,15H,1-5H2,(H,25,29)(H2,26,27,28,30). The van der Waals surface area contributed by atoms with Crippen molar-refractivity contribution in [3.05, 3.63) is 62.6 Å². The van der Waals surface area contributed by atoms with Crippen LogP contribution in [0.2, 0.25) is 15.1 Å². The van der Waals surface area contributed by atoms with Crippen molar-refractivity contribution in [1.82, 2.24) is 10.6 Å². The number of anilines is 1. The van der Waals surface area contributed by atoms with Crippen molar-refractivity contribution in [3.8, 4) is 0 Å². The lowest BCUT2D eigenvalue weighted by atomic mass is 9.95. The highest BCUT2D eigenvalue weighted by atomic mass is 35.5. The molecule has 2 aromatic carbocycles. The second-order valence-corrected chi connectivity index (χ2v) is 8.76. The van der Waals surface area contributed by atoms with E-state index in [0.29, 0.717) is 26.3 Å². The van der Waals surface area contributed by atoms with E-state index in [9.17, 15) is 9.59 Å². The summed E-state index contributed by atoms with van der Waals surface area (Å²) in [5, 5.41) is 9.60. The van der Waals surface area contributed by atoms with Gasteiger partial charge in [0.05, 0.1) is 10.6 Å². The molecule has 0 saturated heterocycles. The van der Waals surface area contributed by atoms with Crippen molar-refractivity contribution in [3.63, 3.8) is 0 Å². The number of benzene rings is 2. The van der Waals surface area contributed by atoms with E-state index in [1.165, 1.54) is 24.6 Å². The van der Waals surface area contributed by atoms with E-state index in [4.69, 9.17) is 47.0 Å². The third kappa shape index (κ3) is 6.32. The van der Waals surface area contributed by atoms with Crippen LogP contribution in [0.3, 0.4) is 0 Å². The molecule has 158 valence electrons. The third-order valence-corrected chi connectivity index (χ3v) is 5.73. The maximum atomic E-state index is 12.6. The Morgan fingerprint density at radius 3 is 2.23 bits per heavy atom. The minimum absolute atomic E-state index is 0.0667. The van der Waals surface area contributed by atoms with Crippen LogP contribution in [0.5, 0.6) is 0 Å². The molecule has 1 aliphatic carbocycles. The van der Waals surface area contributed by atoms with Crippen molar-refractivity contribution in [2.45, 2.75) is 38.1 Å². The molecule has 0 unspecified atom stereocenters. The van der Waals surface area contributed by atoms with Gasteiger partial charge in [0, 0.05) is 27.3 Å². The molecule has 0 atom stereocenters. The van der Waals surface area contributed by atoms with Gasteiger partial charge < -0.3 is 10.6 Å². The Labute approximate surface area is 195 Å². The smallest absolute Gasteiger partial charge is 0.257 e. The highest BCUT2D eigenvalue weighted by Crippen LogP contribution is 2.23. The molecule has 0 spiro atoms. The summed E-state index contributed by atoms with van der Waals surface area (Å²) in [6.07, 6.45) is 5.39. The van der Waals surface area contributed by atoms with Crippen molar-refractivity contribution >= 4 is 69.6 Å². The van der Waals surface area contributed by atoms with Gasteiger partial charge in [0.15, 0.2) is 5.11 Å². The maximum absolute atomic E-state index is 12.6. The molecule has 30 heavy (non-hydrogen) atoms. The summed E-state index contributed by atoms with van der Waals surface area (Å²) in [7, 11) is 0. The molecule has 0 aliphatic heterocycles. The highest BCUT2D eigenvalue weighted by Gasteiger charge is 2.19. The number of carbonyl (C=O) groups is 2. The van der Waals surface area contributed by atoms with Gasteiger partial charge in [-0.05, 0) is 61.5 Å². The molecule has 0 radical (unpaired) electrons. The van der Waals surface area contributed by atoms with Crippen molar-refractivity contribution in [2.24, 2.45) is 0 Å². The van der Waals surface area contributed by atoms with Gasteiger partial charge in [-0.15, -0.1) is 0 Å². The number of nitrogens with one attached hydrogen (secondary N) is 3. The SMILES string of the molecule is O=C(NC(=S)Nc1ccc(Cl)c(C(=O)NC2CCCCC2)c1)c1cc(Cl)cc(Cl)c1. The number of carbonyl (C=O) groups excluding carboxylic acids is 2. The quantitative estimate of drug-likeness (QED) is 0.477. The Morgan fingerprint density at radius 2 is 1.57 bits per heavy atom. The molecule has 2 amide bonds. The van der Waals surface area contributed by atoms with Gasteiger partial charge in [-0.25, -0.2) is 0 Å². The van der Waals surface area contributed by atoms with Gasteiger partial charge >= 0.3 is 0 Å². The average molecular weight is 485 g/mol. The summed E-state index contributed by atoms with van der Waals surface area (Å²) in [6.45, 7) is 0. The summed E-state index contributed by atoms with van der Waals surface area (Å²) >= 11 is 23.3. The van der Waals surface area contributed by atoms with Crippen LogP contribution in [-0.2, 0) is 0 Å². The monoisotopic (exact) mass is 483 g/mol. The van der Waals surface area contributed by atoms with Crippen LogP contribution in [-0.4, -0.2) is 23.0 Å². The van der Waals surface area contributed by atoms with E-state index in [0.717, 1.165) is 25.7 Å². The zero-order valence-electron chi connectivity index (χ0n) is 15.9. The van der Waals surface area contributed by atoms with Crippen molar-refractivity contribution in [1.29, 1.82) is 0 Å². The van der Waals surface area contributed by atoms with Gasteiger partial charge in [0.1, 0.15) is 0 Å². The molecule has 1 saturated carbocycles. The summed E-state index contributed by atoms with van der Waals surface area (Å²) in [5.74, 6) is -0.680. The molecule has 0 bridgehead atoms. The molecular weight excluding hydrogens is 465 g/mol. The van der Waals surface area contributed by atoms with Crippen LogP contribution in [0.4, 0.5) is 5.69 Å². The molecule has 1 aliphatic rings. The summed E-state index contributed by atoms with van der Waals surface area (Å²) in [4.78, 5) is 25.0. The first kappa shape index (κ1) is 22.8. The van der Waals surface area contributed by atoms with Crippen LogP contribution in [0.15, 0.2) is 36.4 Å². The fraction of sp³-hybridized carbons (Fsp3) is 0.286. The minimum Gasteiger partial charge on any atom is -0.349 e. The van der Waals surface area contributed by atoms with Gasteiger partial charge in [-0.3, -0.25) is 14.9 Å². The summed E-state index contributed by atoms with van der Waals surface area (Å²) in [6, 6.07) is 9.57. The van der Waals surface area contributed by atoms with Crippen molar-refractivity contribution < 1.29 is 9.59 Å². The third-order valence-electron chi connectivity index (χ3n) is 4.76. The molecule has 5 nitrogen and oxygen atoms in total. The second-order valence-electron chi connectivity index (χ2n) is 7.07. The predicted octanol–water partition coefficient (Wildman–Crippen LogP) is 5.84. The first-order valence-electron chi connectivity index (χ1n) is 9.50. The fourth-order valence-corrected chi connectivity index (χ4v) is 4.25. The van der Waals surface area contributed by atoms with Crippen LogP contribution >= 0.6 is 47.0 Å². The Balaban J connectivity index is 1.64. The van der Waals surface area contributed by atoms with Gasteiger partial charge in [0.25, 0.3) is 11.8 Å². The van der Waals surface area contributed by atoms with E-state index >= 15 is 0 Å². The van der Waals surface area contributed by atoms with Crippen LogP contribution in [0, 0.1) is 0 Å². The zero-order valence-corrected chi connectivity index (χ0v) is 19.0. The Bertz CT molecular complexity index is 958. The molecule has 2 aromatic rings. The topological polar surface area (TPSA) is 70.2 Å². The van der Waals surface area contributed by atoms with Gasteiger partial charge in [-0.2, -0.15) is 0 Å². The molecule has 0 heterocycles. The molecular formula is C21H20Cl3N3O2S. The minimum atomic E-state index is -0.457. The molecule has 3 rings (SSSR count). The van der Waals surface area contributed by atoms with E-state index in [1.807, 2.05) is 0 Å². The molecule has 3 N–H and O–H groups in total. The fourth-order valence-electron chi connectivity index (χ4n) is 3.31. The van der Waals surface area contributed by atoms with Gasteiger partial charge in [0.2, 0.25) is 0 Å². The van der Waals surface area contributed by atoms with Crippen LogP contribution in [0.1, 0.15) is 52.8 Å². The first-order valence-corrected chi connectivity index (χ1v) is 11.0. The van der Waals surface area contributed by atoms with Crippen molar-refractivity contribution in [2.75, 3.05) is 5.32 Å². The number of halogens is 3. The lowest BCUT2D eigenvalue weighted by Crippen LogP contribution is -2.36. The number of hydrogen-bond donors (Lipinski definition) is 3. The second kappa shape index (κ2) is 10.4. The lowest BCUT2D eigenvalue weighted by molar-refractivity contribution is 0.0926. The predicted molar refractivity (Wildman–Crippen MR) is 126 cm³/mol. The summed E-state index contributed by atoms with van der Waals surface area (Å²) < 4.78 is 0. The van der Waals surface area contributed by atoms with E-state index in [2.05, 4.69) is 16.0 Å². The molecule has 9 heteroatoms. The Hall–Kier alpha value is -1.86. The largest absolute Gasteiger partial charge is 0.349 e. The normalized spacial score (nSPS) is 14.1. The lowest BCUT2D eigenvalue weighted by Gasteiger charge is -2.23. The number of rotatable bonds is 4. The first-order chi connectivity index (χ1) is 14.3. The van der Waals surface area contributed by atoms with Crippen LogP contribution in [0.25, 0.3) is 0 Å². The van der Waals surface area contributed by atoms with Crippen LogP contribution < -0.4 is 16.0 Å².